The van der Waals surface area contributed by atoms with E-state index in [0.717, 1.165) is 36.8 Å². The van der Waals surface area contributed by atoms with Gasteiger partial charge in [-0.1, -0.05) is 61.3 Å². The summed E-state index contributed by atoms with van der Waals surface area (Å²) in [5.41, 5.74) is 1.20. The molecule has 0 saturated carbocycles. The molecule has 0 bridgehead atoms. The highest BCUT2D eigenvalue weighted by atomic mass is 35.5. The SMILES string of the molecule is CCC(C1CCCCO1)N1C(=O)C(C)(CC(O)CO)CC(c2cccc(Cl)c2)C1c1ccc(Cl)cc1. The number of likely N-dealkylation sites (tertiary alicyclic amines) is 1. The molecule has 2 aliphatic rings. The molecule has 1 amide bonds. The maximum absolute atomic E-state index is 14.5. The zero-order valence-corrected chi connectivity index (χ0v) is 22.6. The molecule has 0 aromatic heterocycles. The normalized spacial score (nSPS) is 28.7. The van der Waals surface area contributed by atoms with Crippen LogP contribution in [0.3, 0.4) is 0 Å². The van der Waals surface area contributed by atoms with E-state index < -0.39 is 11.5 Å². The Morgan fingerprint density at radius 2 is 1.86 bits per heavy atom. The van der Waals surface area contributed by atoms with Gasteiger partial charge < -0.3 is 19.8 Å². The minimum absolute atomic E-state index is 0.00532. The van der Waals surface area contributed by atoms with Crippen molar-refractivity contribution in [2.45, 2.75) is 82.6 Å². The largest absolute Gasteiger partial charge is 0.394 e. The lowest BCUT2D eigenvalue weighted by Crippen LogP contribution is -2.59. The smallest absolute Gasteiger partial charge is 0.229 e. The highest BCUT2D eigenvalue weighted by Crippen LogP contribution is 2.53. The Kier molecular flexibility index (Phi) is 9.00. The molecule has 0 spiro atoms. The van der Waals surface area contributed by atoms with Gasteiger partial charge in [-0.3, -0.25) is 4.79 Å². The Hall–Kier alpha value is -1.63. The lowest BCUT2D eigenvalue weighted by atomic mass is 9.66. The van der Waals surface area contributed by atoms with Crippen LogP contribution in [-0.2, 0) is 9.53 Å². The lowest BCUT2D eigenvalue weighted by Gasteiger charge is -2.54. The second kappa shape index (κ2) is 11.8. The van der Waals surface area contributed by atoms with Gasteiger partial charge in [0.15, 0.2) is 0 Å². The molecule has 2 aromatic rings. The summed E-state index contributed by atoms with van der Waals surface area (Å²) in [5, 5.41) is 21.4. The first-order chi connectivity index (χ1) is 17.3. The minimum atomic E-state index is -0.973. The first kappa shape index (κ1) is 27.4. The summed E-state index contributed by atoms with van der Waals surface area (Å²) < 4.78 is 6.24. The number of aliphatic hydroxyl groups is 2. The molecular formula is C29H37Cl2NO4. The van der Waals surface area contributed by atoms with Crippen LogP contribution in [0.25, 0.3) is 0 Å². The quantitative estimate of drug-likeness (QED) is 0.427. The van der Waals surface area contributed by atoms with Crippen molar-refractivity contribution < 1.29 is 19.7 Å². The maximum Gasteiger partial charge on any atom is 0.229 e. The predicted molar refractivity (Wildman–Crippen MR) is 143 cm³/mol. The first-order valence-corrected chi connectivity index (χ1v) is 13.8. The molecule has 2 fully saturated rings. The number of halogens is 2. The van der Waals surface area contributed by atoms with E-state index in [1.165, 1.54) is 0 Å². The second-order valence-electron chi connectivity index (χ2n) is 10.6. The number of benzene rings is 2. The van der Waals surface area contributed by atoms with Crippen LogP contribution in [0.15, 0.2) is 48.5 Å². The fourth-order valence-electron chi connectivity index (χ4n) is 6.23. The van der Waals surface area contributed by atoms with Crippen LogP contribution in [0, 0.1) is 5.41 Å². The summed E-state index contributed by atoms with van der Waals surface area (Å²) in [7, 11) is 0. The number of carbonyl (C=O) groups is 1. The Labute approximate surface area is 224 Å². The monoisotopic (exact) mass is 533 g/mol. The van der Waals surface area contributed by atoms with Gasteiger partial charge in [0, 0.05) is 28.0 Å². The number of nitrogens with zero attached hydrogens (tertiary/aromatic N) is 1. The van der Waals surface area contributed by atoms with Crippen LogP contribution in [0.5, 0.6) is 0 Å². The molecule has 0 radical (unpaired) electrons. The molecule has 2 saturated heterocycles. The summed E-state index contributed by atoms with van der Waals surface area (Å²) in [5.74, 6) is -0.0784. The third-order valence-electron chi connectivity index (χ3n) is 7.91. The summed E-state index contributed by atoms with van der Waals surface area (Å²) in [6.07, 6.45) is 3.46. The number of ether oxygens (including phenoxy) is 1. The molecule has 6 unspecified atom stereocenters. The molecule has 5 nitrogen and oxygen atoms in total. The van der Waals surface area contributed by atoms with E-state index in [0.29, 0.717) is 23.1 Å². The van der Waals surface area contributed by atoms with Gasteiger partial charge in [-0.15, -0.1) is 0 Å². The number of carbonyl (C=O) groups excluding carboxylic acids is 1. The maximum atomic E-state index is 14.5. The van der Waals surface area contributed by atoms with Gasteiger partial charge in [-0.25, -0.2) is 0 Å². The van der Waals surface area contributed by atoms with E-state index in [4.69, 9.17) is 27.9 Å². The topological polar surface area (TPSA) is 70.0 Å². The Bertz CT molecular complexity index is 1030. The van der Waals surface area contributed by atoms with Crippen LogP contribution in [0.2, 0.25) is 10.0 Å². The van der Waals surface area contributed by atoms with Crippen molar-refractivity contribution in [3.8, 4) is 0 Å². The van der Waals surface area contributed by atoms with Gasteiger partial charge in [0.25, 0.3) is 0 Å². The molecule has 2 aromatic carbocycles. The van der Waals surface area contributed by atoms with E-state index >= 15 is 0 Å². The van der Waals surface area contributed by atoms with Gasteiger partial charge in [0.2, 0.25) is 5.91 Å². The average Bonchev–Trinajstić information content (AvgIpc) is 2.88. The molecular weight excluding hydrogens is 497 g/mol. The Morgan fingerprint density at radius 1 is 1.11 bits per heavy atom. The molecule has 4 rings (SSSR count). The molecule has 0 aliphatic carbocycles. The molecule has 2 heterocycles. The van der Waals surface area contributed by atoms with Gasteiger partial charge in [-0.2, -0.15) is 0 Å². The summed E-state index contributed by atoms with van der Waals surface area (Å²) >= 11 is 12.7. The minimum Gasteiger partial charge on any atom is -0.394 e. The second-order valence-corrected chi connectivity index (χ2v) is 11.4. The fourth-order valence-corrected chi connectivity index (χ4v) is 6.55. The van der Waals surface area contributed by atoms with E-state index in [9.17, 15) is 15.0 Å². The van der Waals surface area contributed by atoms with E-state index in [1.807, 2.05) is 54.3 Å². The summed E-state index contributed by atoms with van der Waals surface area (Å²) in [6, 6.07) is 15.2. The van der Waals surface area contributed by atoms with Gasteiger partial charge in [0.05, 0.1) is 30.9 Å². The third kappa shape index (κ3) is 5.76. The van der Waals surface area contributed by atoms with Crippen molar-refractivity contribution in [3.63, 3.8) is 0 Å². The zero-order chi connectivity index (χ0) is 25.9. The number of amides is 1. The number of aliphatic hydroxyl groups excluding tert-OH is 2. The highest BCUT2D eigenvalue weighted by molar-refractivity contribution is 6.30. The van der Waals surface area contributed by atoms with Crippen LogP contribution < -0.4 is 0 Å². The van der Waals surface area contributed by atoms with Crippen molar-refractivity contribution in [2.24, 2.45) is 5.41 Å². The van der Waals surface area contributed by atoms with E-state index in [-0.39, 0.29) is 43.0 Å². The van der Waals surface area contributed by atoms with Crippen LogP contribution in [0.4, 0.5) is 0 Å². The van der Waals surface area contributed by atoms with Crippen molar-refractivity contribution in [1.29, 1.82) is 0 Å². The van der Waals surface area contributed by atoms with Crippen molar-refractivity contribution in [3.05, 3.63) is 69.7 Å². The molecule has 196 valence electrons. The van der Waals surface area contributed by atoms with E-state index in [1.54, 1.807) is 0 Å². The van der Waals surface area contributed by atoms with Crippen LogP contribution >= 0.6 is 23.2 Å². The first-order valence-electron chi connectivity index (χ1n) is 13.0. The molecule has 6 atom stereocenters. The zero-order valence-electron chi connectivity index (χ0n) is 21.1. The van der Waals surface area contributed by atoms with Crippen molar-refractivity contribution in [2.75, 3.05) is 13.2 Å². The van der Waals surface area contributed by atoms with Gasteiger partial charge in [0.1, 0.15) is 0 Å². The Morgan fingerprint density at radius 3 is 2.47 bits per heavy atom. The van der Waals surface area contributed by atoms with Crippen molar-refractivity contribution >= 4 is 29.1 Å². The number of hydrogen-bond donors (Lipinski definition) is 2. The standard InChI is InChI=1S/C29H37Cl2NO4/c1-3-25(26-9-4-5-14-36-26)32-27(19-10-12-21(30)13-11-19)24(20-7-6-8-22(31)15-20)17-29(2,28(32)35)16-23(34)18-33/h6-8,10-13,15,23-27,33-34H,3-5,9,14,16-18H2,1-2H3. The Balaban J connectivity index is 1.88. The molecule has 36 heavy (non-hydrogen) atoms. The third-order valence-corrected chi connectivity index (χ3v) is 8.39. The van der Waals surface area contributed by atoms with Crippen LogP contribution in [-0.4, -0.2) is 52.5 Å². The van der Waals surface area contributed by atoms with E-state index in [2.05, 4.69) is 13.0 Å². The average molecular weight is 535 g/mol. The van der Waals surface area contributed by atoms with Crippen molar-refractivity contribution in [1.82, 2.24) is 4.90 Å². The molecule has 2 N–H and O–H groups in total. The molecule has 2 aliphatic heterocycles. The van der Waals surface area contributed by atoms with Crippen LogP contribution in [0.1, 0.15) is 75.5 Å². The number of rotatable bonds is 8. The number of hydrogen-bond acceptors (Lipinski definition) is 4. The fraction of sp³-hybridized carbons (Fsp3) is 0.552. The predicted octanol–water partition coefficient (Wildman–Crippen LogP) is 6.15. The lowest BCUT2D eigenvalue weighted by molar-refractivity contribution is -0.164. The summed E-state index contributed by atoms with van der Waals surface area (Å²) in [4.78, 5) is 16.5. The van der Waals surface area contributed by atoms with Gasteiger partial charge >= 0.3 is 0 Å². The molecule has 7 heteroatoms. The van der Waals surface area contributed by atoms with Gasteiger partial charge in [-0.05, 0) is 73.9 Å². The number of piperidine rings is 1. The summed E-state index contributed by atoms with van der Waals surface area (Å²) in [6.45, 7) is 4.35. The highest BCUT2D eigenvalue weighted by Gasteiger charge is 2.53.